The highest BCUT2D eigenvalue weighted by Crippen LogP contribution is 2.34. The van der Waals surface area contributed by atoms with Gasteiger partial charge in [0.1, 0.15) is 11.4 Å². The largest absolute Gasteiger partial charge is 0.494 e. The fourth-order valence-corrected chi connectivity index (χ4v) is 3.71. The van der Waals surface area contributed by atoms with Crippen LogP contribution in [-0.2, 0) is 14.4 Å². The van der Waals surface area contributed by atoms with Crippen molar-refractivity contribution < 1.29 is 19.1 Å². The van der Waals surface area contributed by atoms with E-state index < -0.39 is 11.8 Å². The quantitative estimate of drug-likeness (QED) is 0.502. The summed E-state index contributed by atoms with van der Waals surface area (Å²) in [6.45, 7) is 5.81. The maximum Gasteiger partial charge on any atom is 0.282 e. The number of anilines is 3. The lowest BCUT2D eigenvalue weighted by atomic mass is 10.0. The van der Waals surface area contributed by atoms with E-state index >= 15 is 0 Å². The molecule has 0 unspecified atom stereocenters. The molecule has 3 aromatic carbocycles. The number of rotatable bonds is 7. The van der Waals surface area contributed by atoms with Crippen LogP contribution in [0.4, 0.5) is 17.1 Å². The van der Waals surface area contributed by atoms with Gasteiger partial charge < -0.3 is 15.4 Å². The molecule has 0 fully saturated rings. The van der Waals surface area contributed by atoms with E-state index in [-0.39, 0.29) is 11.6 Å². The summed E-state index contributed by atoms with van der Waals surface area (Å²) in [4.78, 5) is 39.5. The van der Waals surface area contributed by atoms with Crippen LogP contribution in [0.5, 0.6) is 5.75 Å². The normalized spacial score (nSPS) is 13.3. The Labute approximate surface area is 198 Å². The molecule has 0 aliphatic carbocycles. The summed E-state index contributed by atoms with van der Waals surface area (Å²) < 4.78 is 5.48. The number of nitrogens with one attached hydrogen (secondary N) is 2. The molecule has 7 heteroatoms. The van der Waals surface area contributed by atoms with Crippen LogP contribution in [0, 0.1) is 6.92 Å². The molecule has 0 atom stereocenters. The summed E-state index contributed by atoms with van der Waals surface area (Å²) >= 11 is 0. The number of aryl methyl sites for hydroxylation is 1. The Bertz CT molecular complexity index is 1260. The van der Waals surface area contributed by atoms with E-state index in [0.29, 0.717) is 40.6 Å². The van der Waals surface area contributed by atoms with Crippen LogP contribution in [0.25, 0.3) is 5.57 Å². The van der Waals surface area contributed by atoms with Gasteiger partial charge >= 0.3 is 0 Å². The van der Waals surface area contributed by atoms with Crippen molar-refractivity contribution >= 4 is 40.4 Å². The van der Waals surface area contributed by atoms with Crippen molar-refractivity contribution in [3.63, 3.8) is 0 Å². The molecule has 0 aromatic heterocycles. The minimum absolute atomic E-state index is 0.173. The Morgan fingerprint density at radius 1 is 0.853 bits per heavy atom. The zero-order valence-corrected chi connectivity index (χ0v) is 19.2. The number of carbonyl (C=O) groups is 3. The van der Waals surface area contributed by atoms with Gasteiger partial charge in [-0.1, -0.05) is 29.8 Å². The Hall–Kier alpha value is -4.39. The van der Waals surface area contributed by atoms with E-state index in [9.17, 15) is 14.4 Å². The van der Waals surface area contributed by atoms with Crippen LogP contribution in [0.3, 0.4) is 0 Å². The number of ether oxygens (including phenoxy) is 1. The zero-order valence-electron chi connectivity index (χ0n) is 19.2. The minimum Gasteiger partial charge on any atom is -0.494 e. The third-order valence-electron chi connectivity index (χ3n) is 5.30. The van der Waals surface area contributed by atoms with Gasteiger partial charge in [0.05, 0.1) is 17.9 Å². The molecule has 4 rings (SSSR count). The SMILES string of the molecule is CCOc1ccc(N2C(=O)C(Nc3ccc(NC(C)=O)cc3)=C(c3ccc(C)cc3)C2=O)cc1. The Morgan fingerprint density at radius 3 is 2.06 bits per heavy atom. The number of nitrogens with zero attached hydrogens (tertiary/aromatic N) is 1. The third kappa shape index (κ3) is 4.68. The Kier molecular flexibility index (Phi) is 6.45. The van der Waals surface area contributed by atoms with Crippen LogP contribution in [0.2, 0.25) is 0 Å². The summed E-state index contributed by atoms with van der Waals surface area (Å²) in [6, 6.07) is 21.2. The van der Waals surface area contributed by atoms with Gasteiger partial charge in [-0.05, 0) is 67.9 Å². The first kappa shape index (κ1) is 22.8. The summed E-state index contributed by atoms with van der Waals surface area (Å²) in [5.74, 6) is -0.367. The van der Waals surface area contributed by atoms with Crippen molar-refractivity contribution in [1.82, 2.24) is 0 Å². The molecule has 0 radical (unpaired) electrons. The lowest BCUT2D eigenvalue weighted by Crippen LogP contribution is -2.32. The molecule has 1 aliphatic rings. The van der Waals surface area contributed by atoms with Gasteiger partial charge in [-0.3, -0.25) is 14.4 Å². The van der Waals surface area contributed by atoms with E-state index in [1.165, 1.54) is 11.8 Å². The predicted octanol–water partition coefficient (Wildman–Crippen LogP) is 4.75. The molecule has 172 valence electrons. The van der Waals surface area contributed by atoms with Crippen molar-refractivity contribution in [2.75, 3.05) is 22.1 Å². The van der Waals surface area contributed by atoms with Crippen molar-refractivity contribution in [2.45, 2.75) is 20.8 Å². The van der Waals surface area contributed by atoms with Gasteiger partial charge in [-0.15, -0.1) is 0 Å². The van der Waals surface area contributed by atoms with Gasteiger partial charge in [-0.2, -0.15) is 0 Å². The van der Waals surface area contributed by atoms with Gasteiger partial charge in [0.15, 0.2) is 0 Å². The number of hydrogen-bond acceptors (Lipinski definition) is 5. The van der Waals surface area contributed by atoms with Crippen LogP contribution >= 0.6 is 0 Å². The highest BCUT2D eigenvalue weighted by Gasteiger charge is 2.40. The van der Waals surface area contributed by atoms with E-state index in [2.05, 4.69) is 10.6 Å². The van der Waals surface area contributed by atoms with Crippen LogP contribution in [-0.4, -0.2) is 24.3 Å². The van der Waals surface area contributed by atoms with E-state index in [1.807, 2.05) is 38.1 Å². The fourth-order valence-electron chi connectivity index (χ4n) is 3.71. The monoisotopic (exact) mass is 455 g/mol. The smallest absolute Gasteiger partial charge is 0.282 e. The lowest BCUT2D eigenvalue weighted by molar-refractivity contribution is -0.120. The molecule has 1 heterocycles. The molecule has 1 aliphatic heterocycles. The highest BCUT2D eigenvalue weighted by molar-refractivity contribution is 6.46. The van der Waals surface area contributed by atoms with Gasteiger partial charge in [0, 0.05) is 18.3 Å². The molecular formula is C27H25N3O4. The summed E-state index contributed by atoms with van der Waals surface area (Å²) in [5.41, 5.74) is 3.89. The number of amides is 3. The number of carbonyl (C=O) groups excluding carboxylic acids is 3. The number of imide groups is 1. The molecule has 34 heavy (non-hydrogen) atoms. The molecule has 7 nitrogen and oxygen atoms in total. The van der Waals surface area contributed by atoms with Crippen molar-refractivity contribution in [1.29, 1.82) is 0 Å². The van der Waals surface area contributed by atoms with E-state index in [1.54, 1.807) is 48.5 Å². The van der Waals surface area contributed by atoms with Gasteiger partial charge in [-0.25, -0.2) is 4.90 Å². The van der Waals surface area contributed by atoms with Crippen molar-refractivity contribution in [3.05, 3.63) is 89.6 Å². The molecule has 0 saturated carbocycles. The van der Waals surface area contributed by atoms with Gasteiger partial charge in [0.25, 0.3) is 11.8 Å². The molecular weight excluding hydrogens is 430 g/mol. The summed E-state index contributed by atoms with van der Waals surface area (Å²) in [7, 11) is 0. The van der Waals surface area contributed by atoms with E-state index in [4.69, 9.17) is 4.74 Å². The first-order valence-electron chi connectivity index (χ1n) is 10.9. The predicted molar refractivity (Wildman–Crippen MR) is 133 cm³/mol. The second-order valence-electron chi connectivity index (χ2n) is 7.87. The lowest BCUT2D eigenvalue weighted by Gasteiger charge is -2.16. The van der Waals surface area contributed by atoms with E-state index in [0.717, 1.165) is 5.56 Å². The molecule has 0 saturated heterocycles. The first-order valence-corrected chi connectivity index (χ1v) is 10.9. The number of benzene rings is 3. The van der Waals surface area contributed by atoms with Crippen LogP contribution in [0.15, 0.2) is 78.5 Å². The second-order valence-corrected chi connectivity index (χ2v) is 7.87. The molecule has 2 N–H and O–H groups in total. The maximum atomic E-state index is 13.5. The van der Waals surface area contributed by atoms with Crippen LogP contribution in [0.1, 0.15) is 25.0 Å². The first-order chi connectivity index (χ1) is 16.4. The van der Waals surface area contributed by atoms with Crippen molar-refractivity contribution in [2.24, 2.45) is 0 Å². The maximum absolute atomic E-state index is 13.5. The highest BCUT2D eigenvalue weighted by atomic mass is 16.5. The summed E-state index contributed by atoms with van der Waals surface area (Å²) in [5, 5.41) is 5.83. The molecule has 3 aromatic rings. The Morgan fingerprint density at radius 2 is 1.47 bits per heavy atom. The minimum atomic E-state index is -0.448. The average molecular weight is 456 g/mol. The number of hydrogen-bond donors (Lipinski definition) is 2. The molecule has 0 spiro atoms. The topological polar surface area (TPSA) is 87.7 Å². The standard InChI is InChI=1S/C27H25N3O4/c1-4-34-23-15-13-22(14-16-23)30-26(32)24(19-7-5-17(2)6-8-19)25(27(30)33)29-21-11-9-20(10-12-21)28-18(3)31/h5-16,29H,4H2,1-3H3,(H,28,31). The zero-order chi connectivity index (χ0) is 24.2. The average Bonchev–Trinajstić information content (AvgIpc) is 3.05. The fraction of sp³-hybridized carbons (Fsp3) is 0.148. The Balaban J connectivity index is 1.71. The third-order valence-corrected chi connectivity index (χ3v) is 5.30. The second kappa shape index (κ2) is 9.62. The van der Waals surface area contributed by atoms with Crippen LogP contribution < -0.4 is 20.3 Å². The molecule has 3 amide bonds. The molecule has 0 bridgehead atoms. The van der Waals surface area contributed by atoms with Crippen molar-refractivity contribution in [3.8, 4) is 5.75 Å². The summed E-state index contributed by atoms with van der Waals surface area (Å²) in [6.07, 6.45) is 0. The van der Waals surface area contributed by atoms with Gasteiger partial charge in [0.2, 0.25) is 5.91 Å².